The number of aryl methyl sites for hydroxylation is 2. The van der Waals surface area contributed by atoms with Crippen LogP contribution in [0.4, 0.5) is 0 Å². The second-order valence-corrected chi connectivity index (χ2v) is 6.25. The summed E-state index contributed by atoms with van der Waals surface area (Å²) in [5.41, 5.74) is 6.88. The number of rotatable bonds is 6. The second-order valence-electron chi connectivity index (χ2n) is 6.25. The Labute approximate surface area is 128 Å². The summed E-state index contributed by atoms with van der Waals surface area (Å²) in [6, 6.07) is 16.7. The van der Waals surface area contributed by atoms with Gasteiger partial charge in [0.2, 0.25) is 0 Å². The monoisotopic (exact) mass is 279 g/mol. The maximum absolute atomic E-state index is 3.60. The predicted octanol–water partition coefficient (Wildman–Crippen LogP) is 4.87. The van der Waals surface area contributed by atoms with Crippen LogP contribution >= 0.6 is 0 Å². The van der Waals surface area contributed by atoms with Gasteiger partial charge in [0.1, 0.15) is 0 Å². The van der Waals surface area contributed by atoms with Crippen LogP contribution in [0.5, 0.6) is 0 Å². The molecule has 3 rings (SSSR count). The Balaban J connectivity index is 1.80. The topological polar surface area (TPSA) is 12.0 Å². The van der Waals surface area contributed by atoms with E-state index < -0.39 is 0 Å². The van der Waals surface area contributed by atoms with Gasteiger partial charge in [-0.05, 0) is 60.1 Å². The highest BCUT2D eigenvalue weighted by molar-refractivity contribution is 5.68. The molecule has 1 aliphatic rings. The summed E-state index contributed by atoms with van der Waals surface area (Å²) in [5, 5.41) is 3.60. The summed E-state index contributed by atoms with van der Waals surface area (Å²) in [6.45, 7) is 5.42. The Morgan fingerprint density at radius 2 is 1.71 bits per heavy atom. The first kappa shape index (κ1) is 14.3. The lowest BCUT2D eigenvalue weighted by Crippen LogP contribution is -2.15. The molecule has 0 saturated heterocycles. The summed E-state index contributed by atoms with van der Waals surface area (Å²) in [6.07, 6.45) is 5.07. The van der Waals surface area contributed by atoms with Gasteiger partial charge in [-0.15, -0.1) is 0 Å². The molecule has 0 bridgehead atoms. The molecular formula is C20H25N. The second kappa shape index (κ2) is 6.44. The van der Waals surface area contributed by atoms with E-state index in [1.165, 1.54) is 53.5 Å². The van der Waals surface area contributed by atoms with E-state index in [4.69, 9.17) is 0 Å². The SMILES string of the molecule is CCCc1ccc(-c2cc(CNC3CC3)ccc2C)cc1. The van der Waals surface area contributed by atoms with Crippen LogP contribution in [0.1, 0.15) is 42.9 Å². The van der Waals surface area contributed by atoms with Gasteiger partial charge in [0, 0.05) is 12.6 Å². The third kappa shape index (κ3) is 3.74. The minimum absolute atomic E-state index is 0.767. The third-order valence-corrected chi connectivity index (χ3v) is 4.28. The van der Waals surface area contributed by atoms with Gasteiger partial charge in [0.25, 0.3) is 0 Å². The van der Waals surface area contributed by atoms with E-state index in [-0.39, 0.29) is 0 Å². The van der Waals surface area contributed by atoms with Gasteiger partial charge in [-0.1, -0.05) is 49.7 Å². The molecule has 1 N–H and O–H groups in total. The highest BCUT2D eigenvalue weighted by Gasteiger charge is 2.19. The van der Waals surface area contributed by atoms with Crippen molar-refractivity contribution in [1.29, 1.82) is 0 Å². The molecule has 0 unspecified atom stereocenters. The molecule has 0 heterocycles. The van der Waals surface area contributed by atoms with Crippen molar-refractivity contribution in [1.82, 2.24) is 5.32 Å². The maximum atomic E-state index is 3.60. The van der Waals surface area contributed by atoms with Crippen molar-refractivity contribution in [3.63, 3.8) is 0 Å². The Morgan fingerprint density at radius 3 is 2.38 bits per heavy atom. The quantitative estimate of drug-likeness (QED) is 0.795. The fraction of sp³-hybridized carbons (Fsp3) is 0.400. The van der Waals surface area contributed by atoms with Crippen molar-refractivity contribution >= 4 is 0 Å². The van der Waals surface area contributed by atoms with Crippen LogP contribution in [0.25, 0.3) is 11.1 Å². The fourth-order valence-corrected chi connectivity index (χ4v) is 2.78. The standard InChI is InChI=1S/C20H25N/c1-3-4-16-7-9-18(10-8-16)20-13-17(6-5-15(20)2)14-21-19-11-12-19/h5-10,13,19,21H,3-4,11-12,14H2,1-2H3. The maximum Gasteiger partial charge on any atom is 0.0208 e. The van der Waals surface area contributed by atoms with Gasteiger partial charge in [-0.3, -0.25) is 0 Å². The largest absolute Gasteiger partial charge is 0.310 e. The molecule has 21 heavy (non-hydrogen) atoms. The summed E-state index contributed by atoms with van der Waals surface area (Å²) in [4.78, 5) is 0. The number of benzene rings is 2. The lowest BCUT2D eigenvalue weighted by molar-refractivity contribution is 0.688. The average Bonchev–Trinajstić information content (AvgIpc) is 3.32. The molecule has 0 aromatic heterocycles. The molecule has 110 valence electrons. The van der Waals surface area contributed by atoms with Crippen molar-refractivity contribution in [2.75, 3.05) is 0 Å². The summed E-state index contributed by atoms with van der Waals surface area (Å²) >= 11 is 0. The average molecular weight is 279 g/mol. The minimum Gasteiger partial charge on any atom is -0.310 e. The molecule has 0 aliphatic heterocycles. The molecule has 0 atom stereocenters. The Morgan fingerprint density at radius 1 is 1.00 bits per heavy atom. The minimum atomic E-state index is 0.767. The van der Waals surface area contributed by atoms with Crippen LogP contribution in [0, 0.1) is 6.92 Å². The number of hydrogen-bond donors (Lipinski definition) is 1. The van der Waals surface area contributed by atoms with Crippen molar-refractivity contribution < 1.29 is 0 Å². The zero-order valence-electron chi connectivity index (χ0n) is 13.2. The van der Waals surface area contributed by atoms with Gasteiger partial charge in [-0.25, -0.2) is 0 Å². The van der Waals surface area contributed by atoms with Crippen LogP contribution in [0.2, 0.25) is 0 Å². The van der Waals surface area contributed by atoms with Crippen molar-refractivity contribution in [2.24, 2.45) is 0 Å². The lowest BCUT2D eigenvalue weighted by atomic mass is 9.96. The van der Waals surface area contributed by atoms with Gasteiger partial charge in [0.15, 0.2) is 0 Å². The lowest BCUT2D eigenvalue weighted by Gasteiger charge is -2.11. The normalized spacial score (nSPS) is 14.4. The van der Waals surface area contributed by atoms with Crippen LogP contribution < -0.4 is 5.32 Å². The molecule has 0 amide bonds. The fourth-order valence-electron chi connectivity index (χ4n) is 2.78. The molecule has 1 saturated carbocycles. The van der Waals surface area contributed by atoms with E-state index in [9.17, 15) is 0 Å². The molecular weight excluding hydrogens is 254 g/mol. The van der Waals surface area contributed by atoms with E-state index in [0.717, 1.165) is 12.6 Å². The van der Waals surface area contributed by atoms with Crippen LogP contribution in [0.15, 0.2) is 42.5 Å². The summed E-state index contributed by atoms with van der Waals surface area (Å²) < 4.78 is 0. The predicted molar refractivity (Wildman–Crippen MR) is 90.5 cm³/mol. The first-order chi connectivity index (χ1) is 10.3. The third-order valence-electron chi connectivity index (χ3n) is 4.28. The molecule has 1 nitrogen and oxygen atoms in total. The van der Waals surface area contributed by atoms with Crippen molar-refractivity contribution in [3.8, 4) is 11.1 Å². The molecule has 0 spiro atoms. The van der Waals surface area contributed by atoms with Gasteiger partial charge in [0.05, 0.1) is 0 Å². The van der Waals surface area contributed by atoms with Crippen molar-refractivity contribution in [3.05, 3.63) is 59.2 Å². The van der Waals surface area contributed by atoms with Gasteiger partial charge >= 0.3 is 0 Å². The highest BCUT2D eigenvalue weighted by Crippen LogP contribution is 2.26. The molecule has 2 aromatic carbocycles. The van der Waals surface area contributed by atoms with Gasteiger partial charge in [-0.2, -0.15) is 0 Å². The van der Waals surface area contributed by atoms with Crippen LogP contribution in [-0.4, -0.2) is 6.04 Å². The van der Waals surface area contributed by atoms with Gasteiger partial charge < -0.3 is 5.32 Å². The zero-order valence-corrected chi connectivity index (χ0v) is 13.2. The molecule has 2 aromatic rings. The number of nitrogens with one attached hydrogen (secondary N) is 1. The van der Waals surface area contributed by atoms with Crippen molar-refractivity contribution in [2.45, 2.75) is 52.1 Å². The van der Waals surface area contributed by atoms with E-state index in [0.29, 0.717) is 0 Å². The van der Waals surface area contributed by atoms with E-state index in [1.807, 2.05) is 0 Å². The Hall–Kier alpha value is -1.60. The van der Waals surface area contributed by atoms with E-state index >= 15 is 0 Å². The summed E-state index contributed by atoms with van der Waals surface area (Å²) in [7, 11) is 0. The van der Waals surface area contributed by atoms with Crippen LogP contribution in [-0.2, 0) is 13.0 Å². The Bertz CT molecular complexity index is 594. The zero-order chi connectivity index (χ0) is 14.7. The molecule has 1 fully saturated rings. The molecule has 1 aliphatic carbocycles. The molecule has 1 heteroatoms. The first-order valence-electron chi connectivity index (χ1n) is 8.18. The summed E-state index contributed by atoms with van der Waals surface area (Å²) in [5.74, 6) is 0. The Kier molecular flexibility index (Phi) is 4.40. The van der Waals surface area contributed by atoms with E-state index in [1.54, 1.807) is 0 Å². The first-order valence-corrected chi connectivity index (χ1v) is 8.18. The van der Waals surface area contributed by atoms with Crippen LogP contribution in [0.3, 0.4) is 0 Å². The highest BCUT2D eigenvalue weighted by atomic mass is 14.9. The number of hydrogen-bond acceptors (Lipinski definition) is 1. The molecule has 0 radical (unpaired) electrons. The smallest absolute Gasteiger partial charge is 0.0208 e. The van der Waals surface area contributed by atoms with E-state index in [2.05, 4.69) is 61.6 Å².